The summed E-state index contributed by atoms with van der Waals surface area (Å²) < 4.78 is 1.73. The third kappa shape index (κ3) is 2.20. The molecular weight excluding hydrogens is 236 g/mol. The normalized spacial score (nSPS) is 10.6. The largest absolute Gasteiger partial charge is 0.384 e. The zero-order valence-corrected chi connectivity index (χ0v) is 10.6. The van der Waals surface area contributed by atoms with Gasteiger partial charge >= 0.3 is 0 Å². The van der Waals surface area contributed by atoms with Crippen molar-refractivity contribution >= 4 is 5.82 Å². The van der Waals surface area contributed by atoms with E-state index in [-0.39, 0.29) is 0 Å². The van der Waals surface area contributed by atoms with Crippen LogP contribution < -0.4 is 5.73 Å². The van der Waals surface area contributed by atoms with Crippen molar-refractivity contribution in [2.24, 2.45) is 0 Å². The molecule has 0 fully saturated rings. The summed E-state index contributed by atoms with van der Waals surface area (Å²) in [7, 11) is 0. The van der Waals surface area contributed by atoms with Gasteiger partial charge in [-0.3, -0.25) is 4.98 Å². The van der Waals surface area contributed by atoms with Crippen molar-refractivity contribution in [3.05, 3.63) is 60.4 Å². The fourth-order valence-electron chi connectivity index (χ4n) is 2.01. The van der Waals surface area contributed by atoms with E-state index in [0.29, 0.717) is 5.82 Å². The second-order valence-electron chi connectivity index (χ2n) is 4.45. The maximum Gasteiger partial charge on any atom is 0.127 e. The molecule has 0 aliphatic carbocycles. The molecule has 0 aliphatic rings. The number of benzene rings is 1. The number of nitrogen functional groups attached to an aromatic ring is 1. The van der Waals surface area contributed by atoms with Crippen molar-refractivity contribution in [1.82, 2.24) is 14.8 Å². The molecule has 0 amide bonds. The van der Waals surface area contributed by atoms with E-state index in [1.807, 2.05) is 55.6 Å². The molecule has 0 unspecified atom stereocenters. The molecule has 0 atom stereocenters. The Morgan fingerprint density at radius 2 is 1.84 bits per heavy atom. The van der Waals surface area contributed by atoms with Crippen LogP contribution in [-0.4, -0.2) is 14.8 Å². The first-order chi connectivity index (χ1) is 9.24. The molecule has 2 aromatic heterocycles. The Kier molecular flexibility index (Phi) is 2.76. The zero-order chi connectivity index (χ0) is 13.2. The van der Waals surface area contributed by atoms with E-state index in [2.05, 4.69) is 10.1 Å². The fraction of sp³-hybridized carbons (Fsp3) is 0.0667. The van der Waals surface area contributed by atoms with Crippen molar-refractivity contribution < 1.29 is 0 Å². The molecule has 0 spiro atoms. The van der Waals surface area contributed by atoms with Gasteiger partial charge in [0.1, 0.15) is 5.82 Å². The van der Waals surface area contributed by atoms with Gasteiger partial charge in [0, 0.05) is 24.0 Å². The van der Waals surface area contributed by atoms with Gasteiger partial charge in [-0.05, 0) is 30.7 Å². The fourth-order valence-corrected chi connectivity index (χ4v) is 2.01. The van der Waals surface area contributed by atoms with E-state index < -0.39 is 0 Å². The molecule has 3 aromatic rings. The van der Waals surface area contributed by atoms with Gasteiger partial charge in [0.25, 0.3) is 0 Å². The molecule has 1 aromatic carbocycles. The van der Waals surface area contributed by atoms with Gasteiger partial charge in [-0.2, -0.15) is 5.10 Å². The van der Waals surface area contributed by atoms with Gasteiger partial charge in [-0.1, -0.05) is 18.2 Å². The summed E-state index contributed by atoms with van der Waals surface area (Å²) in [6, 6.07) is 13.8. The first-order valence-corrected chi connectivity index (χ1v) is 6.07. The van der Waals surface area contributed by atoms with Crippen LogP contribution in [0.2, 0.25) is 0 Å². The number of anilines is 1. The smallest absolute Gasteiger partial charge is 0.127 e. The van der Waals surface area contributed by atoms with Gasteiger partial charge in [0.2, 0.25) is 0 Å². The van der Waals surface area contributed by atoms with Gasteiger partial charge in [-0.25, -0.2) is 4.68 Å². The number of nitrogens with two attached hydrogens (primary N) is 1. The predicted molar refractivity (Wildman–Crippen MR) is 75.9 cm³/mol. The minimum atomic E-state index is 0.614. The van der Waals surface area contributed by atoms with Crippen LogP contribution in [-0.2, 0) is 0 Å². The second-order valence-corrected chi connectivity index (χ2v) is 4.45. The van der Waals surface area contributed by atoms with Crippen molar-refractivity contribution in [1.29, 1.82) is 0 Å². The van der Waals surface area contributed by atoms with Gasteiger partial charge in [0.05, 0.1) is 11.4 Å². The average Bonchev–Trinajstić information content (AvgIpc) is 2.82. The maximum atomic E-state index is 6.03. The van der Waals surface area contributed by atoms with E-state index >= 15 is 0 Å². The number of nitrogens with zero attached hydrogens (tertiary/aromatic N) is 3. The monoisotopic (exact) mass is 250 g/mol. The van der Waals surface area contributed by atoms with E-state index in [4.69, 9.17) is 5.73 Å². The van der Waals surface area contributed by atoms with E-state index in [1.54, 1.807) is 10.9 Å². The molecule has 4 heteroatoms. The Balaban J connectivity index is 2.07. The van der Waals surface area contributed by atoms with Crippen LogP contribution in [0.1, 0.15) is 5.56 Å². The lowest BCUT2D eigenvalue weighted by Gasteiger charge is -2.02. The molecule has 0 saturated heterocycles. The lowest BCUT2D eigenvalue weighted by molar-refractivity contribution is 0.895. The SMILES string of the molecule is Cc1cncc(-c2cc(N)n(-c3ccccc3)n2)c1. The Morgan fingerprint density at radius 3 is 2.58 bits per heavy atom. The van der Waals surface area contributed by atoms with Crippen LogP contribution in [0.15, 0.2) is 54.9 Å². The molecular formula is C15H14N4. The standard InChI is InChI=1S/C15H14N4/c1-11-7-12(10-17-9-11)14-8-15(16)19(18-14)13-5-3-2-4-6-13/h2-10H,16H2,1H3. The highest BCUT2D eigenvalue weighted by molar-refractivity contribution is 5.63. The van der Waals surface area contributed by atoms with Gasteiger partial charge in [-0.15, -0.1) is 0 Å². The van der Waals surface area contributed by atoms with Crippen molar-refractivity contribution in [3.63, 3.8) is 0 Å². The Hall–Kier alpha value is -2.62. The third-order valence-corrected chi connectivity index (χ3v) is 2.91. The highest BCUT2D eigenvalue weighted by Gasteiger charge is 2.08. The molecule has 4 nitrogen and oxygen atoms in total. The lowest BCUT2D eigenvalue weighted by Crippen LogP contribution is -2.01. The lowest BCUT2D eigenvalue weighted by atomic mass is 10.2. The number of rotatable bonds is 2. The third-order valence-electron chi connectivity index (χ3n) is 2.91. The predicted octanol–water partition coefficient (Wildman–Crippen LogP) is 2.82. The first-order valence-electron chi connectivity index (χ1n) is 6.07. The summed E-state index contributed by atoms with van der Waals surface area (Å²) in [5.41, 5.74) is 9.89. The quantitative estimate of drug-likeness (QED) is 0.760. The number of aromatic nitrogens is 3. The van der Waals surface area contributed by atoms with Crippen molar-refractivity contribution in [2.75, 3.05) is 5.73 Å². The Labute approximate surface area is 111 Å². The summed E-state index contributed by atoms with van der Waals surface area (Å²) in [6.07, 6.45) is 3.62. The van der Waals surface area contributed by atoms with Crippen LogP contribution in [0, 0.1) is 6.92 Å². The molecule has 2 heterocycles. The van der Waals surface area contributed by atoms with Crippen LogP contribution in [0.4, 0.5) is 5.82 Å². The summed E-state index contributed by atoms with van der Waals surface area (Å²) in [5.74, 6) is 0.614. The number of pyridine rings is 1. The van der Waals surface area contributed by atoms with Gasteiger partial charge in [0.15, 0.2) is 0 Å². The van der Waals surface area contributed by atoms with E-state index in [9.17, 15) is 0 Å². The Bertz CT molecular complexity index is 701. The number of hydrogen-bond donors (Lipinski definition) is 1. The topological polar surface area (TPSA) is 56.7 Å². The summed E-state index contributed by atoms with van der Waals surface area (Å²) in [6.45, 7) is 2.01. The zero-order valence-electron chi connectivity index (χ0n) is 10.6. The molecule has 2 N–H and O–H groups in total. The summed E-state index contributed by atoms with van der Waals surface area (Å²) in [4.78, 5) is 4.18. The van der Waals surface area contributed by atoms with Crippen LogP contribution in [0.5, 0.6) is 0 Å². The van der Waals surface area contributed by atoms with Crippen LogP contribution in [0.25, 0.3) is 16.9 Å². The molecule has 94 valence electrons. The van der Waals surface area contributed by atoms with Crippen LogP contribution >= 0.6 is 0 Å². The maximum absolute atomic E-state index is 6.03. The van der Waals surface area contributed by atoms with E-state index in [1.165, 1.54) is 0 Å². The molecule has 19 heavy (non-hydrogen) atoms. The summed E-state index contributed by atoms with van der Waals surface area (Å²) in [5, 5.41) is 4.54. The highest BCUT2D eigenvalue weighted by atomic mass is 15.3. The molecule has 0 saturated carbocycles. The van der Waals surface area contributed by atoms with Crippen LogP contribution in [0.3, 0.4) is 0 Å². The second kappa shape index (κ2) is 4.57. The van der Waals surface area contributed by atoms with E-state index in [0.717, 1.165) is 22.5 Å². The minimum absolute atomic E-state index is 0.614. The first kappa shape index (κ1) is 11.5. The molecule has 0 aliphatic heterocycles. The number of para-hydroxylation sites is 1. The highest BCUT2D eigenvalue weighted by Crippen LogP contribution is 2.22. The number of hydrogen-bond acceptors (Lipinski definition) is 3. The molecule has 0 bridgehead atoms. The molecule has 3 rings (SSSR count). The molecule has 0 radical (unpaired) electrons. The van der Waals surface area contributed by atoms with Gasteiger partial charge < -0.3 is 5.73 Å². The van der Waals surface area contributed by atoms with Crippen molar-refractivity contribution in [3.8, 4) is 16.9 Å². The van der Waals surface area contributed by atoms with Crippen molar-refractivity contribution in [2.45, 2.75) is 6.92 Å². The Morgan fingerprint density at radius 1 is 1.05 bits per heavy atom. The summed E-state index contributed by atoms with van der Waals surface area (Å²) >= 11 is 0. The average molecular weight is 250 g/mol. The number of aryl methyl sites for hydroxylation is 1. The minimum Gasteiger partial charge on any atom is -0.384 e.